The van der Waals surface area contributed by atoms with Crippen LogP contribution in [0, 0.1) is 0 Å². The average Bonchev–Trinajstić information content (AvgIpc) is 2.77. The third kappa shape index (κ3) is 4.47. The first kappa shape index (κ1) is 21.1. The molecule has 0 saturated heterocycles. The van der Waals surface area contributed by atoms with Crippen LogP contribution in [0.15, 0.2) is 57.7 Å². The second-order valence-corrected chi connectivity index (χ2v) is 9.36. The number of carbonyl (C=O) groups excluding carboxylic acids is 1. The number of ether oxygens (including phenoxy) is 1. The van der Waals surface area contributed by atoms with E-state index in [2.05, 4.69) is 5.32 Å². The molecule has 8 nitrogen and oxygen atoms in total. The minimum absolute atomic E-state index is 0.112. The maximum atomic E-state index is 12.7. The summed E-state index contributed by atoms with van der Waals surface area (Å²) in [5, 5.41) is 3.13. The van der Waals surface area contributed by atoms with E-state index < -0.39 is 21.6 Å². The van der Waals surface area contributed by atoms with Crippen molar-refractivity contribution in [3.63, 3.8) is 0 Å². The van der Waals surface area contributed by atoms with E-state index in [1.165, 1.54) is 10.4 Å². The highest BCUT2D eigenvalue weighted by Gasteiger charge is 2.27. The molecular weight excluding hydrogens is 420 g/mol. The summed E-state index contributed by atoms with van der Waals surface area (Å²) < 4.78 is 37.3. The first-order valence-electron chi connectivity index (χ1n) is 9.82. The molecule has 1 aliphatic rings. The van der Waals surface area contributed by atoms with Crippen molar-refractivity contribution < 1.29 is 22.4 Å². The van der Waals surface area contributed by atoms with Crippen LogP contribution in [0.3, 0.4) is 0 Å². The zero-order valence-corrected chi connectivity index (χ0v) is 17.8. The number of nitrogens with one attached hydrogen (secondary N) is 1. The zero-order chi connectivity index (χ0) is 22.0. The van der Waals surface area contributed by atoms with Crippen molar-refractivity contribution >= 4 is 26.9 Å². The summed E-state index contributed by atoms with van der Waals surface area (Å²) in [6.07, 6.45) is 0.594. The highest BCUT2D eigenvalue weighted by Crippen LogP contribution is 2.25. The Hall–Kier alpha value is -3.17. The molecule has 0 aliphatic carbocycles. The second-order valence-electron chi connectivity index (χ2n) is 7.28. The number of fused-ring (bicyclic) bond motifs is 2. The average molecular weight is 442 g/mol. The molecule has 0 radical (unpaired) electrons. The lowest BCUT2D eigenvalue weighted by Gasteiger charge is -2.28. The zero-order valence-electron chi connectivity index (χ0n) is 17.0. The molecule has 0 spiro atoms. The molecule has 1 N–H and O–H groups in total. The molecular formula is C22H22N2O6S. The fourth-order valence-corrected chi connectivity index (χ4v) is 4.93. The third-order valence-electron chi connectivity index (χ3n) is 5.32. The van der Waals surface area contributed by atoms with E-state index in [-0.39, 0.29) is 24.4 Å². The van der Waals surface area contributed by atoms with E-state index in [9.17, 15) is 18.0 Å². The maximum Gasteiger partial charge on any atom is 0.349 e. The van der Waals surface area contributed by atoms with Gasteiger partial charge in [0.15, 0.2) is 0 Å². The highest BCUT2D eigenvalue weighted by molar-refractivity contribution is 7.89. The predicted octanol–water partition coefficient (Wildman–Crippen LogP) is 1.92. The Morgan fingerprint density at radius 2 is 1.97 bits per heavy atom. The van der Waals surface area contributed by atoms with E-state index in [1.807, 2.05) is 18.2 Å². The van der Waals surface area contributed by atoms with Crippen molar-refractivity contribution in [1.29, 1.82) is 0 Å². The third-order valence-corrected chi connectivity index (χ3v) is 7.13. The number of hydrogen-bond acceptors (Lipinski definition) is 6. The van der Waals surface area contributed by atoms with Crippen molar-refractivity contribution in [3.05, 3.63) is 75.6 Å². The van der Waals surface area contributed by atoms with Crippen molar-refractivity contribution in [1.82, 2.24) is 9.62 Å². The van der Waals surface area contributed by atoms with Crippen LogP contribution in [0.1, 0.15) is 21.5 Å². The quantitative estimate of drug-likeness (QED) is 0.585. The van der Waals surface area contributed by atoms with Gasteiger partial charge >= 0.3 is 5.63 Å². The first-order chi connectivity index (χ1) is 14.9. The Balaban J connectivity index is 1.39. The van der Waals surface area contributed by atoms with Crippen molar-refractivity contribution in [2.75, 3.05) is 26.0 Å². The second kappa shape index (κ2) is 8.52. The van der Waals surface area contributed by atoms with Gasteiger partial charge in [-0.05, 0) is 41.8 Å². The Morgan fingerprint density at radius 1 is 1.16 bits per heavy atom. The number of methoxy groups -OCH3 is 1. The highest BCUT2D eigenvalue weighted by atomic mass is 32.2. The van der Waals surface area contributed by atoms with Gasteiger partial charge < -0.3 is 14.5 Å². The van der Waals surface area contributed by atoms with Gasteiger partial charge in [0.25, 0.3) is 5.91 Å². The van der Waals surface area contributed by atoms with E-state index in [0.29, 0.717) is 23.9 Å². The summed E-state index contributed by atoms with van der Waals surface area (Å²) in [6, 6.07) is 13.9. The number of amides is 1. The molecule has 0 bridgehead atoms. The number of sulfonamides is 1. The number of carbonyl (C=O) groups is 1. The smallest absolute Gasteiger partial charge is 0.349 e. The largest absolute Gasteiger partial charge is 0.497 e. The standard InChI is InChI=1S/C22H22N2O6S/c1-29-18-7-6-17-14-24(10-8-15(17)12-18)31(27,28)11-9-23-21(25)19-13-16-4-2-3-5-20(16)30-22(19)26/h2-7,12-13H,8-11,14H2,1H3,(H,23,25). The molecule has 4 rings (SSSR count). The van der Waals surface area contributed by atoms with Crippen LogP contribution in [0.4, 0.5) is 0 Å². The van der Waals surface area contributed by atoms with Gasteiger partial charge in [0.2, 0.25) is 10.0 Å². The monoisotopic (exact) mass is 442 g/mol. The topological polar surface area (TPSA) is 106 Å². The van der Waals surface area contributed by atoms with Gasteiger partial charge in [-0.15, -0.1) is 0 Å². The summed E-state index contributed by atoms with van der Waals surface area (Å²) in [5.41, 5.74) is 1.48. The summed E-state index contributed by atoms with van der Waals surface area (Å²) >= 11 is 0. The number of nitrogens with zero attached hydrogens (tertiary/aromatic N) is 1. The van der Waals surface area contributed by atoms with Crippen LogP contribution in [-0.4, -0.2) is 44.6 Å². The number of rotatable bonds is 6. The molecule has 3 aromatic rings. The van der Waals surface area contributed by atoms with Crippen LogP contribution in [0.25, 0.3) is 11.0 Å². The summed E-state index contributed by atoms with van der Waals surface area (Å²) in [4.78, 5) is 24.5. The lowest BCUT2D eigenvalue weighted by atomic mass is 10.0. The summed E-state index contributed by atoms with van der Waals surface area (Å²) in [6.45, 7) is 0.536. The number of benzene rings is 2. The van der Waals surface area contributed by atoms with E-state index in [4.69, 9.17) is 9.15 Å². The van der Waals surface area contributed by atoms with E-state index in [1.54, 1.807) is 31.4 Å². The molecule has 1 aliphatic heterocycles. The maximum absolute atomic E-state index is 12.7. The van der Waals surface area contributed by atoms with Gasteiger partial charge in [-0.1, -0.05) is 24.3 Å². The molecule has 0 unspecified atom stereocenters. The number of hydrogen-bond donors (Lipinski definition) is 1. The molecule has 162 valence electrons. The fourth-order valence-electron chi connectivity index (χ4n) is 3.61. The van der Waals surface area contributed by atoms with Crippen LogP contribution >= 0.6 is 0 Å². The van der Waals surface area contributed by atoms with Gasteiger partial charge in [0.1, 0.15) is 16.9 Å². The molecule has 1 aromatic heterocycles. The Bertz CT molecular complexity index is 1300. The van der Waals surface area contributed by atoms with Crippen molar-refractivity contribution in [3.8, 4) is 5.75 Å². The predicted molar refractivity (Wildman–Crippen MR) is 116 cm³/mol. The SMILES string of the molecule is COc1ccc2c(c1)CCN(S(=O)(=O)CCNC(=O)c1cc3ccccc3oc1=O)C2. The van der Waals surface area contributed by atoms with E-state index in [0.717, 1.165) is 16.9 Å². The van der Waals surface area contributed by atoms with E-state index >= 15 is 0 Å². The molecule has 31 heavy (non-hydrogen) atoms. The van der Waals surface area contributed by atoms with Gasteiger partial charge in [0.05, 0.1) is 12.9 Å². The van der Waals surface area contributed by atoms with Gasteiger partial charge in [-0.3, -0.25) is 4.79 Å². The van der Waals surface area contributed by atoms with Crippen LogP contribution < -0.4 is 15.7 Å². The molecule has 2 aromatic carbocycles. The summed E-state index contributed by atoms with van der Waals surface area (Å²) in [5.74, 6) is -0.176. The Labute approximate surface area is 179 Å². The Morgan fingerprint density at radius 3 is 2.77 bits per heavy atom. The van der Waals surface area contributed by atoms with Gasteiger partial charge in [-0.25, -0.2) is 13.2 Å². The van der Waals surface area contributed by atoms with Crippen molar-refractivity contribution in [2.45, 2.75) is 13.0 Å². The van der Waals surface area contributed by atoms with Crippen LogP contribution in [0.2, 0.25) is 0 Å². The normalized spacial score (nSPS) is 14.2. The molecule has 0 atom stereocenters. The fraction of sp³-hybridized carbons (Fsp3) is 0.273. The minimum atomic E-state index is -3.58. The molecule has 0 fully saturated rings. The van der Waals surface area contributed by atoms with Crippen LogP contribution in [0.5, 0.6) is 5.75 Å². The van der Waals surface area contributed by atoms with Gasteiger partial charge in [-0.2, -0.15) is 4.31 Å². The summed E-state index contributed by atoms with van der Waals surface area (Å²) in [7, 11) is -1.98. The van der Waals surface area contributed by atoms with Crippen LogP contribution in [-0.2, 0) is 23.0 Å². The molecule has 0 saturated carbocycles. The number of para-hydroxylation sites is 1. The lowest BCUT2D eigenvalue weighted by molar-refractivity contribution is 0.0952. The molecule has 1 amide bonds. The molecule has 9 heteroatoms. The molecule has 2 heterocycles. The lowest BCUT2D eigenvalue weighted by Crippen LogP contribution is -2.40. The van der Waals surface area contributed by atoms with Crippen molar-refractivity contribution in [2.24, 2.45) is 0 Å². The Kier molecular flexibility index (Phi) is 5.79. The minimum Gasteiger partial charge on any atom is -0.497 e. The van der Waals surface area contributed by atoms with Gasteiger partial charge in [0, 0.05) is 25.0 Å². The first-order valence-corrected chi connectivity index (χ1v) is 11.4.